The van der Waals surface area contributed by atoms with E-state index in [-0.39, 0.29) is 0 Å². The minimum Gasteiger partial charge on any atom is -0.486 e. The summed E-state index contributed by atoms with van der Waals surface area (Å²) < 4.78 is 15.0. The van der Waals surface area contributed by atoms with E-state index in [1.807, 2.05) is 41.1 Å². The summed E-state index contributed by atoms with van der Waals surface area (Å²) in [5, 5.41) is 12.2. The van der Waals surface area contributed by atoms with E-state index in [4.69, 9.17) is 9.47 Å². The molecule has 0 amide bonds. The Labute approximate surface area is 196 Å². The van der Waals surface area contributed by atoms with Crippen LogP contribution in [0.15, 0.2) is 77.2 Å². The molecule has 34 heavy (non-hydrogen) atoms. The highest BCUT2D eigenvalue weighted by molar-refractivity contribution is 5.79. The first-order chi connectivity index (χ1) is 16.7. The number of ether oxygens (including phenoxy) is 2. The van der Waals surface area contributed by atoms with Gasteiger partial charge in [0.25, 0.3) is 0 Å². The van der Waals surface area contributed by atoms with E-state index in [0.717, 1.165) is 45.6 Å². The SMILES string of the molecule is C=N/N=c1/cc(-c2cccc(-c3ccc4c(c3)OCCO4)c2C)ccn1Cn1ccc(C=O)n1. The van der Waals surface area contributed by atoms with Crippen molar-refractivity contribution in [2.24, 2.45) is 10.2 Å². The van der Waals surface area contributed by atoms with Crippen LogP contribution in [0.25, 0.3) is 22.3 Å². The lowest BCUT2D eigenvalue weighted by Crippen LogP contribution is -2.24. The summed E-state index contributed by atoms with van der Waals surface area (Å²) in [4.78, 5) is 10.9. The molecule has 0 atom stereocenters. The van der Waals surface area contributed by atoms with Crippen molar-refractivity contribution < 1.29 is 14.3 Å². The first-order valence-electron chi connectivity index (χ1n) is 10.8. The first-order valence-corrected chi connectivity index (χ1v) is 10.8. The molecule has 0 saturated heterocycles. The monoisotopic (exact) mass is 453 g/mol. The molecular formula is C26H23N5O3. The number of hydrogen-bond acceptors (Lipinski definition) is 6. The fourth-order valence-corrected chi connectivity index (χ4v) is 4.11. The standard InChI is InChI=1S/C26H23N5O3/c1-18-22(19-6-7-24-25(14-19)34-13-12-33-24)4-3-5-23(18)20-8-10-30(26(15-20)28-27-2)17-31-11-9-21(16-32)29-31/h3-11,14-16H,2,12-13,17H2,1H3/b28-26-. The maximum Gasteiger partial charge on any atom is 0.170 e. The van der Waals surface area contributed by atoms with Crippen LogP contribution in [-0.2, 0) is 6.67 Å². The largest absolute Gasteiger partial charge is 0.486 e. The number of hydrogen-bond donors (Lipinski definition) is 0. The molecule has 0 N–H and O–H groups in total. The molecule has 4 aromatic rings. The van der Waals surface area contributed by atoms with Gasteiger partial charge in [-0.05, 0) is 65.1 Å². The number of benzene rings is 2. The molecule has 5 rings (SSSR count). The van der Waals surface area contributed by atoms with Crippen molar-refractivity contribution in [3.8, 4) is 33.8 Å². The van der Waals surface area contributed by atoms with Gasteiger partial charge in [0.2, 0.25) is 0 Å². The van der Waals surface area contributed by atoms with Crippen LogP contribution in [0.5, 0.6) is 11.5 Å². The van der Waals surface area contributed by atoms with Gasteiger partial charge in [0.15, 0.2) is 23.3 Å². The van der Waals surface area contributed by atoms with Crippen molar-refractivity contribution in [1.29, 1.82) is 0 Å². The molecular weight excluding hydrogens is 430 g/mol. The summed E-state index contributed by atoms with van der Waals surface area (Å²) in [6.45, 7) is 7.13. The van der Waals surface area contributed by atoms with Crippen molar-refractivity contribution >= 4 is 13.0 Å². The lowest BCUT2D eigenvalue weighted by atomic mass is 9.93. The zero-order valence-corrected chi connectivity index (χ0v) is 18.7. The van der Waals surface area contributed by atoms with Gasteiger partial charge in [-0.1, -0.05) is 24.3 Å². The molecule has 1 aliphatic heterocycles. The van der Waals surface area contributed by atoms with E-state index in [0.29, 0.717) is 31.1 Å². The molecule has 0 bridgehead atoms. The van der Waals surface area contributed by atoms with Gasteiger partial charge in [-0.25, -0.2) is 0 Å². The molecule has 170 valence electrons. The minimum absolute atomic E-state index is 0.379. The quantitative estimate of drug-likeness (QED) is 0.252. The summed E-state index contributed by atoms with van der Waals surface area (Å²) in [5.41, 5.74) is 6.41. The maximum atomic E-state index is 10.9. The highest BCUT2D eigenvalue weighted by Crippen LogP contribution is 2.37. The number of aldehydes is 1. The van der Waals surface area contributed by atoms with Gasteiger partial charge in [-0.15, -0.1) is 5.10 Å². The van der Waals surface area contributed by atoms with Crippen LogP contribution < -0.4 is 15.0 Å². The molecule has 0 radical (unpaired) electrons. The number of fused-ring (bicyclic) bond motifs is 1. The van der Waals surface area contributed by atoms with Gasteiger partial charge in [0, 0.05) is 19.1 Å². The maximum absolute atomic E-state index is 10.9. The van der Waals surface area contributed by atoms with Crippen molar-refractivity contribution in [1.82, 2.24) is 14.3 Å². The molecule has 0 saturated carbocycles. The summed E-state index contributed by atoms with van der Waals surface area (Å²) in [6.07, 6.45) is 4.40. The second-order valence-electron chi connectivity index (χ2n) is 7.86. The van der Waals surface area contributed by atoms with Crippen LogP contribution in [0, 0.1) is 6.92 Å². The number of carbonyl (C=O) groups excluding carboxylic acids is 1. The zero-order chi connectivity index (χ0) is 23.5. The average molecular weight is 454 g/mol. The molecule has 2 aromatic heterocycles. The van der Waals surface area contributed by atoms with Crippen molar-refractivity contribution in [3.05, 3.63) is 83.7 Å². The number of carbonyl (C=O) groups is 1. The van der Waals surface area contributed by atoms with E-state index in [9.17, 15) is 4.79 Å². The van der Waals surface area contributed by atoms with Crippen LogP contribution in [0.3, 0.4) is 0 Å². The predicted octanol–water partition coefficient (Wildman–Crippen LogP) is 3.93. The van der Waals surface area contributed by atoms with Crippen molar-refractivity contribution in [2.45, 2.75) is 13.6 Å². The number of aromatic nitrogens is 3. The van der Waals surface area contributed by atoms with Gasteiger partial charge >= 0.3 is 0 Å². The topological polar surface area (TPSA) is 83.0 Å². The Hall–Kier alpha value is -4.46. The number of pyridine rings is 1. The van der Waals surface area contributed by atoms with Crippen molar-refractivity contribution in [3.63, 3.8) is 0 Å². The predicted molar refractivity (Wildman–Crippen MR) is 129 cm³/mol. The number of nitrogens with zero attached hydrogens (tertiary/aromatic N) is 5. The Balaban J connectivity index is 1.52. The second-order valence-corrected chi connectivity index (χ2v) is 7.86. The van der Waals surface area contributed by atoms with Crippen LogP contribution in [0.4, 0.5) is 0 Å². The van der Waals surface area contributed by atoms with Gasteiger partial charge in [-0.2, -0.15) is 10.2 Å². The fraction of sp³-hybridized carbons (Fsp3) is 0.154. The van der Waals surface area contributed by atoms with Gasteiger partial charge < -0.3 is 14.0 Å². The van der Waals surface area contributed by atoms with Crippen LogP contribution in [0.1, 0.15) is 16.1 Å². The van der Waals surface area contributed by atoms with E-state index < -0.39 is 0 Å². The Morgan fingerprint density at radius 3 is 2.50 bits per heavy atom. The Morgan fingerprint density at radius 1 is 1.00 bits per heavy atom. The smallest absolute Gasteiger partial charge is 0.170 e. The second kappa shape index (κ2) is 9.19. The lowest BCUT2D eigenvalue weighted by molar-refractivity contribution is 0.111. The highest BCUT2D eigenvalue weighted by Gasteiger charge is 2.15. The van der Waals surface area contributed by atoms with Crippen LogP contribution in [-0.4, -0.2) is 40.6 Å². The Bertz CT molecular complexity index is 1450. The molecule has 0 fully saturated rings. The van der Waals surface area contributed by atoms with Crippen LogP contribution >= 0.6 is 0 Å². The molecule has 2 aromatic carbocycles. The third-order valence-corrected chi connectivity index (χ3v) is 5.76. The summed E-state index contributed by atoms with van der Waals surface area (Å²) in [5.74, 6) is 1.54. The minimum atomic E-state index is 0.379. The van der Waals surface area contributed by atoms with Gasteiger partial charge in [0.05, 0.1) is 0 Å². The lowest BCUT2D eigenvalue weighted by Gasteiger charge is -2.20. The molecule has 0 spiro atoms. The first kappa shape index (κ1) is 21.4. The number of rotatable bonds is 6. The summed E-state index contributed by atoms with van der Waals surface area (Å²) >= 11 is 0. The van der Waals surface area contributed by atoms with Crippen molar-refractivity contribution in [2.75, 3.05) is 13.2 Å². The van der Waals surface area contributed by atoms with Crippen LogP contribution in [0.2, 0.25) is 0 Å². The van der Waals surface area contributed by atoms with E-state index in [1.165, 1.54) is 0 Å². The summed E-state index contributed by atoms with van der Waals surface area (Å²) in [7, 11) is 0. The Morgan fingerprint density at radius 2 is 1.76 bits per heavy atom. The summed E-state index contributed by atoms with van der Waals surface area (Å²) in [6, 6.07) is 17.9. The molecule has 0 unspecified atom stereocenters. The Kier molecular flexibility index (Phi) is 5.78. The van der Waals surface area contributed by atoms with E-state index >= 15 is 0 Å². The van der Waals surface area contributed by atoms with E-state index in [2.05, 4.69) is 47.1 Å². The van der Waals surface area contributed by atoms with Gasteiger partial charge in [0.1, 0.15) is 25.6 Å². The third-order valence-electron chi connectivity index (χ3n) is 5.76. The van der Waals surface area contributed by atoms with E-state index in [1.54, 1.807) is 16.9 Å². The highest BCUT2D eigenvalue weighted by atomic mass is 16.6. The fourth-order valence-electron chi connectivity index (χ4n) is 4.11. The normalized spacial score (nSPS) is 13.0. The third kappa shape index (κ3) is 4.13. The molecule has 0 aliphatic carbocycles. The zero-order valence-electron chi connectivity index (χ0n) is 18.7. The molecule has 3 heterocycles. The molecule has 8 nitrogen and oxygen atoms in total. The average Bonchev–Trinajstić information content (AvgIpc) is 3.33. The molecule has 1 aliphatic rings. The van der Waals surface area contributed by atoms with Gasteiger partial charge in [-0.3, -0.25) is 9.48 Å². The molecule has 8 heteroatoms.